The third-order valence-electron chi connectivity index (χ3n) is 4.54. The van der Waals surface area contributed by atoms with Crippen LogP contribution in [0.5, 0.6) is 0 Å². The maximum absolute atomic E-state index is 12.1. The maximum atomic E-state index is 12.1. The van der Waals surface area contributed by atoms with Crippen LogP contribution in [0.1, 0.15) is 27.5 Å². The summed E-state index contributed by atoms with van der Waals surface area (Å²) in [6, 6.07) is 17.6. The highest BCUT2D eigenvalue weighted by Gasteiger charge is 2.29. The molecule has 0 spiro atoms. The molecule has 0 saturated carbocycles. The number of carbonyl (C=O) groups is 2. The lowest BCUT2D eigenvalue weighted by Crippen LogP contribution is -2.18. The minimum atomic E-state index is -1.15. The summed E-state index contributed by atoms with van der Waals surface area (Å²) in [5, 5.41) is 11.5. The highest BCUT2D eigenvalue weighted by atomic mass is 16.5. The van der Waals surface area contributed by atoms with Crippen LogP contribution in [0, 0.1) is 0 Å². The Balaban J connectivity index is 1.50. The molecule has 6 nitrogen and oxygen atoms in total. The van der Waals surface area contributed by atoms with Gasteiger partial charge in [0.1, 0.15) is 12.3 Å². The molecule has 3 aromatic rings. The molecule has 0 saturated heterocycles. The van der Waals surface area contributed by atoms with Gasteiger partial charge in [-0.15, -0.1) is 0 Å². The zero-order chi connectivity index (χ0) is 18.1. The van der Waals surface area contributed by atoms with Crippen molar-refractivity contribution in [2.75, 3.05) is 11.9 Å². The number of fused-ring (bicyclic) bond motifs is 3. The molecule has 3 N–H and O–H groups in total. The van der Waals surface area contributed by atoms with Gasteiger partial charge in [-0.2, -0.15) is 0 Å². The number of ether oxygens (including phenoxy) is 1. The first-order valence-electron chi connectivity index (χ1n) is 8.18. The highest BCUT2D eigenvalue weighted by molar-refractivity contribution is 5.97. The third-order valence-corrected chi connectivity index (χ3v) is 4.54. The number of nitrogens with one attached hydrogen (secondary N) is 2. The Hall–Kier alpha value is -3.54. The maximum Gasteiger partial charge on any atom is 0.411 e. The molecular formula is C20H16N2O4. The van der Waals surface area contributed by atoms with Crippen LogP contribution in [0.3, 0.4) is 0 Å². The monoisotopic (exact) mass is 348 g/mol. The summed E-state index contributed by atoms with van der Waals surface area (Å²) in [7, 11) is 0. The SMILES string of the molecule is O=C(Nc1cc[nH]c1C(=O)O)OCC1c2ccccc2-c2ccccc21. The number of hydrogen-bond donors (Lipinski definition) is 3. The number of carboxylic acids is 1. The van der Waals surface area contributed by atoms with E-state index in [1.54, 1.807) is 0 Å². The average Bonchev–Trinajstić information content (AvgIpc) is 3.23. The second-order valence-corrected chi connectivity index (χ2v) is 6.02. The van der Waals surface area contributed by atoms with Gasteiger partial charge in [0.2, 0.25) is 0 Å². The summed E-state index contributed by atoms with van der Waals surface area (Å²) in [5.74, 6) is -1.19. The van der Waals surface area contributed by atoms with E-state index in [0.29, 0.717) is 0 Å². The second kappa shape index (κ2) is 6.40. The molecule has 6 heteroatoms. The number of rotatable bonds is 4. The van der Waals surface area contributed by atoms with Gasteiger partial charge < -0.3 is 14.8 Å². The Morgan fingerprint density at radius 1 is 1.00 bits per heavy atom. The van der Waals surface area contributed by atoms with Gasteiger partial charge in [-0.3, -0.25) is 5.32 Å². The first-order valence-corrected chi connectivity index (χ1v) is 8.18. The Kier molecular flexibility index (Phi) is 3.93. The lowest BCUT2D eigenvalue weighted by Gasteiger charge is -2.14. The minimum Gasteiger partial charge on any atom is -0.477 e. The topological polar surface area (TPSA) is 91.4 Å². The van der Waals surface area contributed by atoms with Crippen molar-refractivity contribution in [3.05, 3.63) is 77.6 Å². The first kappa shape index (κ1) is 16.0. The predicted octanol–water partition coefficient (Wildman–Crippen LogP) is 4.07. The summed E-state index contributed by atoms with van der Waals surface area (Å²) < 4.78 is 5.39. The van der Waals surface area contributed by atoms with E-state index in [1.807, 2.05) is 36.4 Å². The van der Waals surface area contributed by atoms with Gasteiger partial charge in [0.25, 0.3) is 0 Å². The molecule has 0 atom stereocenters. The smallest absolute Gasteiger partial charge is 0.411 e. The Bertz CT molecular complexity index is 947. The van der Waals surface area contributed by atoms with Crippen LogP contribution in [0.4, 0.5) is 10.5 Å². The van der Waals surface area contributed by atoms with E-state index in [0.717, 1.165) is 22.3 Å². The molecule has 1 aliphatic carbocycles. The van der Waals surface area contributed by atoms with Crippen molar-refractivity contribution in [1.82, 2.24) is 4.98 Å². The molecule has 0 aliphatic heterocycles. The lowest BCUT2D eigenvalue weighted by molar-refractivity contribution is 0.0692. The van der Waals surface area contributed by atoms with Gasteiger partial charge in [0.15, 0.2) is 0 Å². The van der Waals surface area contributed by atoms with Gasteiger partial charge >= 0.3 is 12.1 Å². The lowest BCUT2D eigenvalue weighted by atomic mass is 9.98. The van der Waals surface area contributed by atoms with Crippen molar-refractivity contribution in [1.29, 1.82) is 0 Å². The van der Waals surface area contributed by atoms with Gasteiger partial charge in [-0.1, -0.05) is 48.5 Å². The van der Waals surface area contributed by atoms with Gasteiger partial charge in [-0.25, -0.2) is 9.59 Å². The minimum absolute atomic E-state index is 0.0432. The largest absolute Gasteiger partial charge is 0.477 e. The molecule has 0 unspecified atom stereocenters. The van der Waals surface area contributed by atoms with Crippen molar-refractivity contribution in [3.8, 4) is 11.1 Å². The average molecular weight is 348 g/mol. The normalized spacial score (nSPS) is 12.3. The molecule has 4 rings (SSSR count). The molecule has 0 radical (unpaired) electrons. The predicted molar refractivity (Wildman–Crippen MR) is 96.4 cm³/mol. The van der Waals surface area contributed by atoms with Gasteiger partial charge in [0, 0.05) is 12.1 Å². The van der Waals surface area contributed by atoms with E-state index in [1.165, 1.54) is 12.3 Å². The van der Waals surface area contributed by atoms with E-state index in [-0.39, 0.29) is 23.9 Å². The van der Waals surface area contributed by atoms with Crippen LogP contribution in [0.2, 0.25) is 0 Å². The molecule has 1 heterocycles. The number of amides is 1. The Morgan fingerprint density at radius 2 is 1.62 bits per heavy atom. The number of aromatic carboxylic acids is 1. The molecule has 0 bridgehead atoms. The van der Waals surface area contributed by atoms with E-state index >= 15 is 0 Å². The highest BCUT2D eigenvalue weighted by Crippen LogP contribution is 2.44. The fourth-order valence-corrected chi connectivity index (χ4v) is 3.39. The standard InChI is InChI=1S/C20H16N2O4/c23-19(24)18-17(9-10-21-18)22-20(25)26-11-16-14-7-3-1-5-12(14)13-6-2-4-8-15(13)16/h1-10,16,21H,11H2,(H,22,25)(H,23,24). The zero-order valence-corrected chi connectivity index (χ0v) is 13.7. The molecular weight excluding hydrogens is 332 g/mol. The van der Waals surface area contributed by atoms with Crippen LogP contribution < -0.4 is 5.32 Å². The summed E-state index contributed by atoms with van der Waals surface area (Å²) in [5.41, 5.74) is 4.63. The van der Waals surface area contributed by atoms with Gasteiger partial charge in [-0.05, 0) is 28.3 Å². The third kappa shape index (κ3) is 2.71. The number of carboxylic acid groups (broad SMARTS) is 1. The van der Waals surface area contributed by atoms with E-state index in [9.17, 15) is 9.59 Å². The molecule has 1 amide bonds. The molecule has 130 valence electrons. The number of aromatic nitrogens is 1. The number of aromatic amines is 1. The number of carbonyl (C=O) groups excluding carboxylic acids is 1. The summed E-state index contributed by atoms with van der Waals surface area (Å²) >= 11 is 0. The van der Waals surface area contributed by atoms with Gasteiger partial charge in [0.05, 0.1) is 5.69 Å². The molecule has 1 aliphatic rings. The van der Waals surface area contributed by atoms with Crippen LogP contribution >= 0.6 is 0 Å². The van der Waals surface area contributed by atoms with E-state index in [4.69, 9.17) is 9.84 Å². The zero-order valence-electron chi connectivity index (χ0n) is 13.7. The quantitative estimate of drug-likeness (QED) is 0.663. The Morgan fingerprint density at radius 3 is 2.23 bits per heavy atom. The van der Waals surface area contributed by atoms with Crippen molar-refractivity contribution < 1.29 is 19.4 Å². The molecule has 2 aromatic carbocycles. The summed E-state index contributed by atoms with van der Waals surface area (Å²) in [4.78, 5) is 25.8. The van der Waals surface area contributed by atoms with Crippen LogP contribution in [0.25, 0.3) is 11.1 Å². The molecule has 0 fully saturated rings. The first-order chi connectivity index (χ1) is 12.6. The van der Waals surface area contributed by atoms with Crippen LogP contribution in [-0.4, -0.2) is 28.8 Å². The fraction of sp³-hybridized carbons (Fsp3) is 0.100. The van der Waals surface area contributed by atoms with Crippen molar-refractivity contribution in [2.24, 2.45) is 0 Å². The van der Waals surface area contributed by atoms with Crippen molar-refractivity contribution in [2.45, 2.75) is 5.92 Å². The number of benzene rings is 2. The molecule has 1 aromatic heterocycles. The number of anilines is 1. The summed E-state index contributed by atoms with van der Waals surface area (Å²) in [6.07, 6.45) is 0.761. The number of H-pyrrole nitrogens is 1. The Labute approximate surface area is 149 Å². The second-order valence-electron chi connectivity index (χ2n) is 6.02. The van der Waals surface area contributed by atoms with Crippen LogP contribution in [-0.2, 0) is 4.74 Å². The van der Waals surface area contributed by atoms with Crippen LogP contribution in [0.15, 0.2) is 60.8 Å². The van der Waals surface area contributed by atoms with Crippen molar-refractivity contribution >= 4 is 17.7 Å². The fourth-order valence-electron chi connectivity index (χ4n) is 3.39. The molecule has 26 heavy (non-hydrogen) atoms. The summed E-state index contributed by atoms with van der Waals surface area (Å²) in [6.45, 7) is 0.173. The number of hydrogen-bond acceptors (Lipinski definition) is 3. The van der Waals surface area contributed by atoms with E-state index < -0.39 is 12.1 Å². The van der Waals surface area contributed by atoms with Crippen molar-refractivity contribution in [3.63, 3.8) is 0 Å². The van der Waals surface area contributed by atoms with E-state index in [2.05, 4.69) is 22.4 Å².